The molecule has 3 N–H and O–H groups in total. The van der Waals surface area contributed by atoms with Crippen LogP contribution in [0.25, 0.3) is 0 Å². The van der Waals surface area contributed by atoms with Gasteiger partial charge in [0.25, 0.3) is 0 Å². The van der Waals surface area contributed by atoms with Crippen molar-refractivity contribution in [3.8, 4) is 0 Å². The first-order valence-corrected chi connectivity index (χ1v) is 4.12. The van der Waals surface area contributed by atoms with Crippen molar-refractivity contribution in [1.82, 2.24) is 5.32 Å². The number of nitrogens with one attached hydrogen (secondary N) is 1. The van der Waals surface area contributed by atoms with Crippen LogP contribution < -0.4 is 11.1 Å². The molecular formula is C7H14N2OS. The molecule has 0 aromatic carbocycles. The summed E-state index contributed by atoms with van der Waals surface area (Å²) in [6.45, 7) is 2.79. The second kappa shape index (κ2) is 6.09. The van der Waals surface area contributed by atoms with E-state index in [4.69, 9.17) is 5.73 Å². The van der Waals surface area contributed by atoms with Crippen molar-refractivity contribution in [2.24, 2.45) is 5.73 Å². The van der Waals surface area contributed by atoms with Crippen LogP contribution in [0.4, 0.5) is 0 Å². The van der Waals surface area contributed by atoms with Gasteiger partial charge in [-0.25, -0.2) is 0 Å². The van der Waals surface area contributed by atoms with Crippen molar-refractivity contribution in [3.05, 3.63) is 0 Å². The molecule has 0 unspecified atom stereocenters. The summed E-state index contributed by atoms with van der Waals surface area (Å²) in [5.74, 6) is -0.0778. The van der Waals surface area contributed by atoms with Gasteiger partial charge in [0.15, 0.2) is 0 Å². The molecule has 0 aliphatic carbocycles. The summed E-state index contributed by atoms with van der Waals surface area (Å²) < 4.78 is 0. The Balaban J connectivity index is 3.30. The summed E-state index contributed by atoms with van der Waals surface area (Å²) in [6, 6.07) is 0. The van der Waals surface area contributed by atoms with Gasteiger partial charge in [0.2, 0.25) is 5.91 Å². The summed E-state index contributed by atoms with van der Waals surface area (Å²) in [6.07, 6.45) is 2.25. The molecular weight excluding hydrogens is 160 g/mol. The van der Waals surface area contributed by atoms with Crippen molar-refractivity contribution in [2.75, 3.05) is 6.54 Å². The molecule has 0 saturated heterocycles. The Labute approximate surface area is 72.3 Å². The second-order valence-corrected chi connectivity index (χ2v) is 2.87. The molecule has 0 aromatic rings. The average Bonchev–Trinajstić information content (AvgIpc) is 1.86. The first-order valence-electron chi connectivity index (χ1n) is 3.71. The quantitative estimate of drug-likeness (QED) is 0.473. The van der Waals surface area contributed by atoms with Gasteiger partial charge < -0.3 is 11.1 Å². The minimum absolute atomic E-state index is 0.0778. The van der Waals surface area contributed by atoms with Crippen LogP contribution in [0.1, 0.15) is 26.2 Å². The van der Waals surface area contributed by atoms with E-state index in [-0.39, 0.29) is 17.3 Å². The molecule has 0 spiro atoms. The van der Waals surface area contributed by atoms with Crippen LogP contribution in [0.15, 0.2) is 0 Å². The number of thiocarbonyl (C=S) groups is 1. The Bertz CT molecular complexity index is 147. The molecule has 0 aliphatic rings. The molecule has 4 heteroatoms. The molecule has 0 atom stereocenters. The Kier molecular flexibility index (Phi) is 5.74. The lowest BCUT2D eigenvalue weighted by Crippen LogP contribution is -2.28. The number of rotatable bonds is 5. The van der Waals surface area contributed by atoms with Crippen LogP contribution >= 0.6 is 12.2 Å². The Morgan fingerprint density at radius 2 is 2.27 bits per heavy atom. The molecule has 0 aliphatic heterocycles. The SMILES string of the molecule is CCCCNC(=O)CC(N)=S. The summed E-state index contributed by atoms with van der Waals surface area (Å²) in [7, 11) is 0. The van der Waals surface area contributed by atoms with Gasteiger partial charge in [-0.1, -0.05) is 25.6 Å². The molecule has 0 bridgehead atoms. The number of hydrogen-bond donors (Lipinski definition) is 2. The van der Waals surface area contributed by atoms with E-state index in [0.717, 1.165) is 19.4 Å². The van der Waals surface area contributed by atoms with Crippen molar-refractivity contribution in [1.29, 1.82) is 0 Å². The lowest BCUT2D eigenvalue weighted by molar-refractivity contribution is -0.119. The predicted molar refractivity (Wildman–Crippen MR) is 49.3 cm³/mol. The van der Waals surface area contributed by atoms with Crippen molar-refractivity contribution in [2.45, 2.75) is 26.2 Å². The molecule has 0 aromatic heterocycles. The van der Waals surface area contributed by atoms with E-state index in [1.54, 1.807) is 0 Å². The summed E-state index contributed by atoms with van der Waals surface area (Å²) in [5.41, 5.74) is 5.17. The number of carbonyl (C=O) groups is 1. The lowest BCUT2D eigenvalue weighted by Gasteiger charge is -2.01. The third-order valence-corrected chi connectivity index (χ3v) is 1.33. The zero-order chi connectivity index (χ0) is 8.69. The first kappa shape index (κ1) is 10.4. The minimum Gasteiger partial charge on any atom is -0.393 e. The van der Waals surface area contributed by atoms with Gasteiger partial charge in [-0.2, -0.15) is 0 Å². The van der Waals surface area contributed by atoms with Crippen LogP contribution in [-0.4, -0.2) is 17.4 Å². The largest absolute Gasteiger partial charge is 0.393 e. The van der Waals surface area contributed by atoms with E-state index in [1.807, 2.05) is 0 Å². The van der Waals surface area contributed by atoms with Gasteiger partial charge in [-0.05, 0) is 6.42 Å². The van der Waals surface area contributed by atoms with Crippen LogP contribution in [0.2, 0.25) is 0 Å². The van der Waals surface area contributed by atoms with Crippen molar-refractivity contribution < 1.29 is 4.79 Å². The van der Waals surface area contributed by atoms with E-state index < -0.39 is 0 Å². The highest BCUT2D eigenvalue weighted by Crippen LogP contribution is 1.84. The monoisotopic (exact) mass is 174 g/mol. The maximum atomic E-state index is 10.8. The van der Waals surface area contributed by atoms with Gasteiger partial charge >= 0.3 is 0 Å². The van der Waals surface area contributed by atoms with E-state index in [1.165, 1.54) is 0 Å². The van der Waals surface area contributed by atoms with E-state index in [9.17, 15) is 4.79 Å². The average molecular weight is 174 g/mol. The van der Waals surface area contributed by atoms with E-state index in [2.05, 4.69) is 24.5 Å². The third-order valence-electron chi connectivity index (χ3n) is 1.19. The molecule has 0 rings (SSSR count). The van der Waals surface area contributed by atoms with Crippen molar-refractivity contribution in [3.63, 3.8) is 0 Å². The maximum Gasteiger partial charge on any atom is 0.226 e. The van der Waals surface area contributed by atoms with Gasteiger partial charge in [0.1, 0.15) is 0 Å². The van der Waals surface area contributed by atoms with Gasteiger partial charge in [0, 0.05) is 6.54 Å². The third kappa shape index (κ3) is 7.25. The molecule has 0 radical (unpaired) electrons. The maximum absolute atomic E-state index is 10.8. The fourth-order valence-corrected chi connectivity index (χ4v) is 0.756. The smallest absolute Gasteiger partial charge is 0.226 e. The standard InChI is InChI=1S/C7H14N2OS/c1-2-3-4-9-7(10)5-6(8)11/h2-5H2,1H3,(H2,8,11)(H,9,10). The Morgan fingerprint density at radius 1 is 1.64 bits per heavy atom. The number of nitrogens with two attached hydrogens (primary N) is 1. The highest BCUT2D eigenvalue weighted by atomic mass is 32.1. The van der Waals surface area contributed by atoms with Crippen LogP contribution in [0.3, 0.4) is 0 Å². The summed E-state index contributed by atoms with van der Waals surface area (Å²) >= 11 is 4.57. The molecule has 0 saturated carbocycles. The topological polar surface area (TPSA) is 55.1 Å². The van der Waals surface area contributed by atoms with E-state index >= 15 is 0 Å². The predicted octanol–water partition coefficient (Wildman–Crippen LogP) is 0.579. The number of carbonyl (C=O) groups excluding carboxylic acids is 1. The summed E-state index contributed by atoms with van der Waals surface area (Å²) in [5, 5.41) is 2.71. The molecule has 1 amide bonds. The lowest BCUT2D eigenvalue weighted by atomic mass is 10.3. The molecule has 3 nitrogen and oxygen atoms in total. The van der Waals surface area contributed by atoms with E-state index in [0.29, 0.717) is 0 Å². The number of unbranched alkanes of at least 4 members (excludes halogenated alkanes) is 1. The Morgan fingerprint density at radius 3 is 2.73 bits per heavy atom. The highest BCUT2D eigenvalue weighted by Gasteiger charge is 2.00. The first-order chi connectivity index (χ1) is 5.16. The summed E-state index contributed by atoms with van der Waals surface area (Å²) in [4.78, 5) is 11.1. The van der Waals surface area contributed by atoms with Gasteiger partial charge in [0.05, 0.1) is 11.4 Å². The molecule has 0 heterocycles. The molecule has 11 heavy (non-hydrogen) atoms. The van der Waals surface area contributed by atoms with Crippen LogP contribution in [0, 0.1) is 0 Å². The fourth-order valence-electron chi connectivity index (χ4n) is 0.625. The van der Waals surface area contributed by atoms with Gasteiger partial charge in [-0.15, -0.1) is 0 Å². The van der Waals surface area contributed by atoms with Crippen LogP contribution in [-0.2, 0) is 4.79 Å². The minimum atomic E-state index is -0.0778. The van der Waals surface area contributed by atoms with Gasteiger partial charge in [-0.3, -0.25) is 4.79 Å². The molecule has 0 fully saturated rings. The molecule has 64 valence electrons. The fraction of sp³-hybridized carbons (Fsp3) is 0.714. The zero-order valence-corrected chi connectivity index (χ0v) is 7.54. The number of hydrogen-bond acceptors (Lipinski definition) is 2. The second-order valence-electron chi connectivity index (χ2n) is 2.35. The van der Waals surface area contributed by atoms with Crippen molar-refractivity contribution >= 4 is 23.1 Å². The normalized spacial score (nSPS) is 9.18. The van der Waals surface area contributed by atoms with Crippen LogP contribution in [0.5, 0.6) is 0 Å². The zero-order valence-electron chi connectivity index (χ0n) is 6.72. The number of amides is 1. The highest BCUT2D eigenvalue weighted by molar-refractivity contribution is 7.80. The Hall–Kier alpha value is -0.640.